The number of nitrogens with zero attached hydrogens (tertiary/aromatic N) is 2. The summed E-state index contributed by atoms with van der Waals surface area (Å²) in [6.45, 7) is 5.17. The molecule has 1 aromatic carbocycles. The molecule has 1 aliphatic heterocycles. The van der Waals surface area contributed by atoms with Gasteiger partial charge >= 0.3 is 0 Å². The summed E-state index contributed by atoms with van der Waals surface area (Å²) in [5.74, 6) is -0.542. The Kier molecular flexibility index (Phi) is 7.28. The van der Waals surface area contributed by atoms with Crippen molar-refractivity contribution in [2.45, 2.75) is 37.9 Å². The number of benzene rings is 1. The van der Waals surface area contributed by atoms with Gasteiger partial charge in [-0.05, 0) is 49.9 Å². The lowest BCUT2D eigenvalue weighted by Crippen LogP contribution is -2.33. The Balaban J connectivity index is 1.60. The van der Waals surface area contributed by atoms with Gasteiger partial charge in [0.15, 0.2) is 5.16 Å². The Hall–Kier alpha value is -2.65. The average Bonchev–Trinajstić information content (AvgIpc) is 3.24. The number of aryl methyl sites for hydroxylation is 2. The van der Waals surface area contributed by atoms with Gasteiger partial charge in [0, 0.05) is 32.1 Å². The first-order valence-electron chi connectivity index (χ1n) is 9.81. The Bertz CT molecular complexity index is 999. The summed E-state index contributed by atoms with van der Waals surface area (Å²) in [6.07, 6.45) is 3.31. The minimum absolute atomic E-state index is 0.0529. The largest absolute Gasteiger partial charge is 0.376 e. The summed E-state index contributed by atoms with van der Waals surface area (Å²) in [6, 6.07) is 5.55. The van der Waals surface area contributed by atoms with Crippen LogP contribution in [0.4, 0.5) is 5.69 Å². The van der Waals surface area contributed by atoms with Crippen molar-refractivity contribution >= 4 is 29.3 Å². The predicted octanol–water partition coefficient (Wildman–Crippen LogP) is 2.04. The van der Waals surface area contributed by atoms with Crippen LogP contribution < -0.4 is 16.2 Å². The number of anilines is 1. The fourth-order valence-corrected chi connectivity index (χ4v) is 3.82. The highest BCUT2D eigenvalue weighted by Crippen LogP contribution is 2.16. The molecule has 2 aromatic rings. The van der Waals surface area contributed by atoms with Gasteiger partial charge in [0.2, 0.25) is 5.91 Å². The zero-order chi connectivity index (χ0) is 21.7. The van der Waals surface area contributed by atoms with Crippen molar-refractivity contribution in [3.05, 3.63) is 51.4 Å². The number of hydrogen-bond donors (Lipinski definition) is 2. The number of hydrogen-bond acceptors (Lipinski definition) is 6. The topological polar surface area (TPSA) is 102 Å². The zero-order valence-corrected chi connectivity index (χ0v) is 18.2. The van der Waals surface area contributed by atoms with Crippen molar-refractivity contribution in [1.82, 2.24) is 14.9 Å². The lowest BCUT2D eigenvalue weighted by Gasteiger charge is -2.12. The maximum absolute atomic E-state index is 12.6. The molecule has 2 heterocycles. The normalized spacial score (nSPS) is 15.8. The van der Waals surface area contributed by atoms with Gasteiger partial charge < -0.3 is 15.4 Å². The first kappa shape index (κ1) is 22.0. The minimum atomic E-state index is -0.516. The number of carbonyl (C=O) groups excluding carboxylic acids is 2. The fraction of sp³-hybridized carbons (Fsp3) is 0.429. The van der Waals surface area contributed by atoms with E-state index in [0.29, 0.717) is 17.4 Å². The number of thioether (sulfide) groups is 1. The van der Waals surface area contributed by atoms with Crippen LogP contribution in [0, 0.1) is 13.8 Å². The van der Waals surface area contributed by atoms with E-state index in [4.69, 9.17) is 4.74 Å². The molecule has 0 bridgehead atoms. The molecule has 30 heavy (non-hydrogen) atoms. The summed E-state index contributed by atoms with van der Waals surface area (Å²) in [4.78, 5) is 41.4. The maximum atomic E-state index is 12.6. The van der Waals surface area contributed by atoms with Gasteiger partial charge in [-0.25, -0.2) is 4.98 Å². The summed E-state index contributed by atoms with van der Waals surface area (Å²) in [5.41, 5.74) is 2.26. The quantitative estimate of drug-likeness (QED) is 0.515. The van der Waals surface area contributed by atoms with Crippen molar-refractivity contribution < 1.29 is 14.3 Å². The van der Waals surface area contributed by atoms with Crippen LogP contribution >= 0.6 is 11.8 Å². The zero-order valence-electron chi connectivity index (χ0n) is 17.4. The van der Waals surface area contributed by atoms with E-state index in [0.717, 1.165) is 42.3 Å². The SMILES string of the molecule is Cc1ccc(NC(=O)c2cnc(SCC(=O)NCC3CCCO3)n(C)c2=O)cc1C. The number of rotatable bonds is 7. The molecule has 1 aromatic heterocycles. The smallest absolute Gasteiger partial charge is 0.266 e. The van der Waals surface area contributed by atoms with Gasteiger partial charge in [-0.2, -0.15) is 0 Å². The first-order valence-corrected chi connectivity index (χ1v) is 10.8. The van der Waals surface area contributed by atoms with Gasteiger partial charge in [-0.15, -0.1) is 0 Å². The van der Waals surface area contributed by atoms with Crippen molar-refractivity contribution in [3.8, 4) is 0 Å². The molecule has 0 saturated carbocycles. The molecule has 2 amide bonds. The van der Waals surface area contributed by atoms with Crippen LogP contribution in [0.3, 0.4) is 0 Å². The van der Waals surface area contributed by atoms with Crippen LogP contribution in [0.15, 0.2) is 34.3 Å². The van der Waals surface area contributed by atoms with E-state index in [1.54, 1.807) is 6.07 Å². The molecule has 3 rings (SSSR count). The molecule has 1 aliphatic rings. The molecule has 9 heteroatoms. The summed E-state index contributed by atoms with van der Waals surface area (Å²) in [5, 5.41) is 5.93. The van der Waals surface area contributed by atoms with Crippen molar-refractivity contribution in [2.24, 2.45) is 7.05 Å². The lowest BCUT2D eigenvalue weighted by atomic mass is 10.1. The third-order valence-corrected chi connectivity index (χ3v) is 6.06. The van der Waals surface area contributed by atoms with Gasteiger partial charge in [-0.3, -0.25) is 19.0 Å². The van der Waals surface area contributed by atoms with Crippen molar-refractivity contribution in [2.75, 3.05) is 24.2 Å². The standard InChI is InChI=1S/C21H26N4O4S/c1-13-6-7-15(9-14(13)2)24-19(27)17-11-23-21(25(3)20(17)28)30-12-18(26)22-10-16-5-4-8-29-16/h6-7,9,11,16H,4-5,8,10,12H2,1-3H3,(H,22,26)(H,24,27). The van der Waals surface area contributed by atoms with E-state index < -0.39 is 11.5 Å². The minimum Gasteiger partial charge on any atom is -0.376 e. The van der Waals surface area contributed by atoms with Gasteiger partial charge in [0.1, 0.15) is 5.56 Å². The van der Waals surface area contributed by atoms with E-state index in [9.17, 15) is 14.4 Å². The Labute approximate surface area is 179 Å². The highest BCUT2D eigenvalue weighted by Gasteiger charge is 2.18. The highest BCUT2D eigenvalue weighted by atomic mass is 32.2. The van der Waals surface area contributed by atoms with E-state index >= 15 is 0 Å². The third kappa shape index (κ3) is 5.48. The second kappa shape index (κ2) is 9.90. The molecule has 160 valence electrons. The number of ether oxygens (including phenoxy) is 1. The number of carbonyl (C=O) groups is 2. The van der Waals surface area contributed by atoms with Crippen LogP contribution in [-0.2, 0) is 16.6 Å². The van der Waals surface area contributed by atoms with Crippen LogP contribution in [0.25, 0.3) is 0 Å². The molecule has 1 atom stereocenters. The van der Waals surface area contributed by atoms with Gasteiger partial charge in [-0.1, -0.05) is 17.8 Å². The molecular weight excluding hydrogens is 404 g/mol. The Morgan fingerprint density at radius 1 is 1.30 bits per heavy atom. The molecule has 1 saturated heterocycles. The van der Waals surface area contributed by atoms with Crippen LogP contribution in [-0.4, -0.2) is 46.4 Å². The average molecular weight is 431 g/mol. The summed E-state index contributed by atoms with van der Waals surface area (Å²) < 4.78 is 6.76. The molecule has 0 aliphatic carbocycles. The van der Waals surface area contributed by atoms with Crippen molar-refractivity contribution in [1.29, 1.82) is 0 Å². The maximum Gasteiger partial charge on any atom is 0.266 e. The highest BCUT2D eigenvalue weighted by molar-refractivity contribution is 7.99. The predicted molar refractivity (Wildman–Crippen MR) is 116 cm³/mol. The summed E-state index contributed by atoms with van der Waals surface area (Å²) >= 11 is 1.15. The molecule has 1 fully saturated rings. The Morgan fingerprint density at radius 2 is 2.10 bits per heavy atom. The second-order valence-corrected chi connectivity index (χ2v) is 8.24. The van der Waals surface area contributed by atoms with Gasteiger partial charge in [0.25, 0.3) is 11.5 Å². The second-order valence-electron chi connectivity index (χ2n) is 7.30. The van der Waals surface area contributed by atoms with Crippen LogP contribution in [0.1, 0.15) is 34.3 Å². The monoisotopic (exact) mass is 430 g/mol. The molecule has 0 spiro atoms. The van der Waals surface area contributed by atoms with E-state index in [2.05, 4.69) is 15.6 Å². The molecule has 0 radical (unpaired) electrons. The van der Waals surface area contributed by atoms with E-state index in [1.165, 1.54) is 17.8 Å². The Morgan fingerprint density at radius 3 is 2.80 bits per heavy atom. The van der Waals surface area contributed by atoms with Crippen LogP contribution in [0.2, 0.25) is 0 Å². The molecular formula is C21H26N4O4S. The van der Waals surface area contributed by atoms with Crippen molar-refractivity contribution in [3.63, 3.8) is 0 Å². The first-order chi connectivity index (χ1) is 14.3. The fourth-order valence-electron chi connectivity index (χ4n) is 3.05. The molecule has 2 N–H and O–H groups in total. The third-order valence-electron chi connectivity index (χ3n) is 5.02. The number of aromatic nitrogens is 2. The number of nitrogens with one attached hydrogen (secondary N) is 2. The number of amides is 2. The van der Waals surface area contributed by atoms with Gasteiger partial charge in [0.05, 0.1) is 11.9 Å². The molecule has 1 unspecified atom stereocenters. The van der Waals surface area contributed by atoms with E-state index in [1.807, 2.05) is 26.0 Å². The van der Waals surface area contributed by atoms with Crippen LogP contribution in [0.5, 0.6) is 0 Å². The molecule has 8 nitrogen and oxygen atoms in total. The van der Waals surface area contributed by atoms with E-state index in [-0.39, 0.29) is 23.3 Å². The lowest BCUT2D eigenvalue weighted by molar-refractivity contribution is -0.119. The summed E-state index contributed by atoms with van der Waals surface area (Å²) in [7, 11) is 1.54.